The van der Waals surface area contributed by atoms with Crippen molar-refractivity contribution in [2.45, 2.75) is 11.8 Å². The van der Waals surface area contributed by atoms with E-state index in [4.69, 9.17) is 4.74 Å². The lowest BCUT2D eigenvalue weighted by molar-refractivity contribution is 0.482. The van der Waals surface area contributed by atoms with Crippen molar-refractivity contribution in [1.82, 2.24) is 0 Å². The maximum atomic E-state index is 10.9. The predicted octanol–water partition coefficient (Wildman–Crippen LogP) is 4.42. The van der Waals surface area contributed by atoms with Gasteiger partial charge in [0.25, 0.3) is 0 Å². The summed E-state index contributed by atoms with van der Waals surface area (Å²) in [5.41, 5.74) is 3.51. The molecule has 23 heavy (non-hydrogen) atoms. The fraction of sp³-hybridized carbons (Fsp3) is 0.0526. The Morgan fingerprint density at radius 1 is 0.652 bits per heavy atom. The van der Waals surface area contributed by atoms with Gasteiger partial charge in [-0.25, -0.2) is 8.42 Å². The summed E-state index contributed by atoms with van der Waals surface area (Å²) in [5, 5.41) is 0. The van der Waals surface area contributed by atoms with Crippen LogP contribution in [-0.2, 0) is 10.7 Å². The first-order chi connectivity index (χ1) is 11.1. The van der Waals surface area contributed by atoms with Gasteiger partial charge < -0.3 is 4.74 Å². The molecule has 0 amide bonds. The second kappa shape index (κ2) is 6.67. The van der Waals surface area contributed by atoms with E-state index in [1.807, 2.05) is 24.3 Å². The quantitative estimate of drug-likeness (QED) is 0.722. The lowest BCUT2D eigenvalue weighted by Gasteiger charge is -2.07. The predicted molar refractivity (Wildman–Crippen MR) is 91.7 cm³/mol. The van der Waals surface area contributed by atoms with E-state index in [0.717, 1.165) is 11.1 Å². The Bertz CT molecular complexity index is 854. The molecule has 0 fully saturated rings. The number of rotatable bonds is 4. The largest absolute Gasteiger partial charge is 0.457 e. The van der Waals surface area contributed by atoms with Gasteiger partial charge in [-0.1, -0.05) is 42.0 Å². The highest BCUT2D eigenvalue weighted by atomic mass is 32.2. The number of ether oxygens (including phenoxy) is 1. The van der Waals surface area contributed by atoms with Crippen molar-refractivity contribution in [3.63, 3.8) is 0 Å². The van der Waals surface area contributed by atoms with E-state index in [9.17, 15) is 8.42 Å². The van der Waals surface area contributed by atoms with Crippen molar-refractivity contribution in [2.24, 2.45) is 0 Å². The van der Waals surface area contributed by atoms with E-state index in [0.29, 0.717) is 11.5 Å². The van der Waals surface area contributed by atoms with Crippen molar-refractivity contribution in [1.29, 1.82) is 0 Å². The van der Waals surface area contributed by atoms with Crippen LogP contribution in [0.15, 0.2) is 77.7 Å². The van der Waals surface area contributed by atoms with Gasteiger partial charge in [-0.2, -0.15) is 0 Å². The van der Waals surface area contributed by atoms with Gasteiger partial charge in [-0.05, 0) is 54.4 Å². The van der Waals surface area contributed by atoms with Crippen LogP contribution in [0.4, 0.5) is 0 Å². The second-order valence-electron chi connectivity index (χ2n) is 5.24. The highest BCUT2D eigenvalue weighted by molar-refractivity contribution is 7.72. The van der Waals surface area contributed by atoms with E-state index in [-0.39, 0.29) is 4.90 Å². The minimum atomic E-state index is -2.56. The van der Waals surface area contributed by atoms with Gasteiger partial charge in [-0.3, -0.25) is 0 Å². The zero-order valence-corrected chi connectivity index (χ0v) is 13.5. The summed E-state index contributed by atoms with van der Waals surface area (Å²) in [5.74, 6) is 1.31. The highest BCUT2D eigenvalue weighted by Gasteiger charge is 2.01. The number of hydrogen-bond donors (Lipinski definition) is 1. The Morgan fingerprint density at radius 3 is 1.57 bits per heavy atom. The summed E-state index contributed by atoms with van der Waals surface area (Å²) in [7, 11) is -2.56. The molecule has 3 aromatic rings. The molecule has 4 heteroatoms. The average Bonchev–Trinajstić information content (AvgIpc) is 2.57. The molecule has 3 aromatic carbocycles. The van der Waals surface area contributed by atoms with Gasteiger partial charge in [0.1, 0.15) is 11.5 Å². The molecule has 0 aliphatic rings. The third-order valence-electron chi connectivity index (χ3n) is 3.52. The van der Waals surface area contributed by atoms with Crippen LogP contribution < -0.4 is 4.74 Å². The third kappa shape index (κ3) is 3.79. The molecule has 0 bridgehead atoms. The van der Waals surface area contributed by atoms with Gasteiger partial charge in [0.15, 0.2) is 10.7 Å². The van der Waals surface area contributed by atoms with Crippen molar-refractivity contribution < 1.29 is 13.2 Å². The van der Waals surface area contributed by atoms with Crippen molar-refractivity contribution in [3.05, 3.63) is 78.4 Å². The number of hydrogen-bond acceptors (Lipinski definition) is 3. The molecular formula is C19H16O3S. The van der Waals surface area contributed by atoms with Gasteiger partial charge in [0.05, 0.1) is 4.90 Å². The molecule has 0 radical (unpaired) electrons. The van der Waals surface area contributed by atoms with Gasteiger partial charge in [0.2, 0.25) is 0 Å². The van der Waals surface area contributed by atoms with E-state index in [2.05, 4.69) is 31.2 Å². The van der Waals surface area contributed by atoms with Crippen molar-refractivity contribution in [2.75, 3.05) is 0 Å². The summed E-state index contributed by atoms with van der Waals surface area (Å²) in [6, 6.07) is 22.5. The zero-order valence-electron chi connectivity index (χ0n) is 12.6. The summed E-state index contributed by atoms with van der Waals surface area (Å²) in [6.07, 6.45) is 0. The fourth-order valence-electron chi connectivity index (χ4n) is 2.23. The molecule has 0 heterocycles. The normalized spacial score (nSPS) is 10.7. The summed E-state index contributed by atoms with van der Waals surface area (Å²) in [6.45, 7) is 2.06. The van der Waals surface area contributed by atoms with Crippen LogP contribution >= 0.6 is 0 Å². The molecule has 0 saturated heterocycles. The number of benzene rings is 3. The summed E-state index contributed by atoms with van der Waals surface area (Å²) >= 11 is 0. The molecule has 0 atom stereocenters. The van der Waals surface area contributed by atoms with E-state index in [1.54, 1.807) is 12.1 Å². The number of thiol groups is 1. The van der Waals surface area contributed by atoms with Gasteiger partial charge in [0, 0.05) is 0 Å². The van der Waals surface area contributed by atoms with Crippen LogP contribution in [0, 0.1) is 6.92 Å². The standard InChI is InChI=1S/C19H16O3S/c1-14-2-4-15(5-3-14)16-6-8-17(9-7-16)22-18-10-12-19(13-11-18)23(20)21/h2-13,23H,1H3. The Balaban J connectivity index is 1.75. The molecule has 0 aromatic heterocycles. The lowest BCUT2D eigenvalue weighted by atomic mass is 10.0. The molecular weight excluding hydrogens is 308 g/mol. The minimum absolute atomic E-state index is 0.280. The second-order valence-corrected chi connectivity index (χ2v) is 6.27. The number of aryl methyl sites for hydroxylation is 1. The summed E-state index contributed by atoms with van der Waals surface area (Å²) < 4.78 is 27.4. The van der Waals surface area contributed by atoms with E-state index in [1.165, 1.54) is 17.7 Å². The van der Waals surface area contributed by atoms with Gasteiger partial charge >= 0.3 is 0 Å². The summed E-state index contributed by atoms with van der Waals surface area (Å²) in [4.78, 5) is 0.280. The zero-order chi connectivity index (χ0) is 16.2. The molecule has 0 unspecified atom stereocenters. The van der Waals surface area contributed by atoms with Crippen LogP contribution in [0.25, 0.3) is 11.1 Å². The molecule has 0 N–H and O–H groups in total. The molecule has 0 aliphatic carbocycles. The maximum Gasteiger partial charge on any atom is 0.168 e. The maximum absolute atomic E-state index is 10.9. The van der Waals surface area contributed by atoms with E-state index < -0.39 is 10.7 Å². The highest BCUT2D eigenvalue weighted by Crippen LogP contribution is 2.26. The van der Waals surface area contributed by atoms with Crippen LogP contribution in [0.1, 0.15) is 5.56 Å². The first-order valence-corrected chi connectivity index (χ1v) is 8.39. The molecule has 0 aliphatic heterocycles. The minimum Gasteiger partial charge on any atom is -0.457 e. The molecule has 0 spiro atoms. The Labute approximate surface area is 137 Å². The average molecular weight is 324 g/mol. The smallest absolute Gasteiger partial charge is 0.168 e. The first kappa shape index (κ1) is 15.3. The first-order valence-electron chi connectivity index (χ1n) is 7.21. The molecule has 116 valence electrons. The Hall–Kier alpha value is -2.59. The topological polar surface area (TPSA) is 43.4 Å². The fourth-order valence-corrected chi connectivity index (χ4v) is 2.63. The SMILES string of the molecule is Cc1ccc(-c2ccc(Oc3ccc([SH](=O)=O)cc3)cc2)cc1. The Kier molecular flexibility index (Phi) is 4.44. The molecule has 3 rings (SSSR count). The van der Waals surface area contributed by atoms with Crippen LogP contribution in [0.5, 0.6) is 11.5 Å². The molecule has 0 saturated carbocycles. The van der Waals surface area contributed by atoms with Gasteiger partial charge in [-0.15, -0.1) is 0 Å². The van der Waals surface area contributed by atoms with E-state index >= 15 is 0 Å². The third-order valence-corrected chi connectivity index (χ3v) is 4.24. The van der Waals surface area contributed by atoms with Crippen molar-refractivity contribution >= 4 is 10.7 Å². The van der Waals surface area contributed by atoms with Crippen LogP contribution in [-0.4, -0.2) is 8.42 Å². The molecule has 3 nitrogen and oxygen atoms in total. The van der Waals surface area contributed by atoms with Crippen LogP contribution in [0.3, 0.4) is 0 Å². The monoisotopic (exact) mass is 324 g/mol. The van der Waals surface area contributed by atoms with Crippen LogP contribution in [0.2, 0.25) is 0 Å². The van der Waals surface area contributed by atoms with Crippen molar-refractivity contribution in [3.8, 4) is 22.6 Å². The Morgan fingerprint density at radius 2 is 1.09 bits per heavy atom. The lowest BCUT2D eigenvalue weighted by Crippen LogP contribution is -1.86.